The van der Waals surface area contributed by atoms with Crippen LogP contribution < -0.4 is 9.47 Å². The topological polar surface area (TPSA) is 18.5 Å². The lowest BCUT2D eigenvalue weighted by molar-refractivity contribution is 0.376. The van der Waals surface area contributed by atoms with Crippen LogP contribution in [0.2, 0.25) is 0 Å². The van der Waals surface area contributed by atoms with E-state index >= 15 is 0 Å². The van der Waals surface area contributed by atoms with Gasteiger partial charge in [0.25, 0.3) is 0 Å². The second kappa shape index (κ2) is 4.77. The number of hydrogen-bond acceptors (Lipinski definition) is 3. The van der Waals surface area contributed by atoms with Gasteiger partial charge in [-0.1, -0.05) is 15.9 Å². The first kappa shape index (κ1) is 10.7. The van der Waals surface area contributed by atoms with Crippen molar-refractivity contribution in [1.82, 2.24) is 0 Å². The summed E-state index contributed by atoms with van der Waals surface area (Å²) >= 11 is 5.00. The van der Waals surface area contributed by atoms with Gasteiger partial charge < -0.3 is 9.47 Å². The van der Waals surface area contributed by atoms with Gasteiger partial charge in [0, 0.05) is 4.47 Å². The molecule has 0 bridgehead atoms. The molecule has 0 amide bonds. The Morgan fingerprint density at radius 2 is 1.62 bits per heavy atom. The fourth-order valence-corrected chi connectivity index (χ4v) is 2.15. The van der Waals surface area contributed by atoms with Crippen molar-refractivity contribution in [2.24, 2.45) is 0 Å². The molecule has 0 heterocycles. The molecule has 2 nitrogen and oxygen atoms in total. The molecule has 0 radical (unpaired) electrons. The van der Waals surface area contributed by atoms with Crippen LogP contribution in [0.1, 0.15) is 0 Å². The predicted octanol–water partition coefficient (Wildman–Crippen LogP) is 3.19. The van der Waals surface area contributed by atoms with Crippen molar-refractivity contribution in [2.75, 3.05) is 20.5 Å². The molecule has 0 aromatic heterocycles. The number of thioether (sulfide) groups is 1. The molecule has 72 valence electrons. The first-order valence-corrected chi connectivity index (χ1v) is 5.70. The third kappa shape index (κ3) is 2.31. The maximum absolute atomic E-state index is 5.23. The van der Waals surface area contributed by atoms with Crippen molar-refractivity contribution in [3.8, 4) is 11.5 Å². The summed E-state index contributed by atoms with van der Waals surface area (Å²) < 4.78 is 11.4. The van der Waals surface area contributed by atoms with Crippen LogP contribution in [0.5, 0.6) is 11.5 Å². The lowest BCUT2D eigenvalue weighted by atomic mass is 10.3. The highest BCUT2D eigenvalue weighted by Gasteiger charge is 2.09. The van der Waals surface area contributed by atoms with Gasteiger partial charge in [-0.3, -0.25) is 0 Å². The largest absolute Gasteiger partial charge is 0.495 e. The van der Waals surface area contributed by atoms with Crippen LogP contribution in [0, 0.1) is 0 Å². The van der Waals surface area contributed by atoms with Gasteiger partial charge in [-0.25, -0.2) is 0 Å². The Morgan fingerprint density at radius 3 is 1.92 bits per heavy atom. The number of hydrogen-bond donors (Lipinski definition) is 0. The van der Waals surface area contributed by atoms with Crippen molar-refractivity contribution in [2.45, 2.75) is 4.90 Å². The van der Waals surface area contributed by atoms with Crippen LogP contribution in [-0.2, 0) is 0 Å². The molecule has 0 saturated carbocycles. The van der Waals surface area contributed by atoms with Gasteiger partial charge in [0.05, 0.1) is 19.1 Å². The van der Waals surface area contributed by atoms with E-state index in [0.29, 0.717) is 0 Å². The second-order valence-corrected chi connectivity index (χ2v) is 4.08. The van der Waals surface area contributed by atoms with Gasteiger partial charge >= 0.3 is 0 Å². The summed E-state index contributed by atoms with van der Waals surface area (Å²) in [5.41, 5.74) is 0. The SMILES string of the molecule is COc1cc(Br)cc(OC)c1SC. The predicted molar refractivity (Wildman–Crippen MR) is 59.0 cm³/mol. The van der Waals surface area contributed by atoms with Crippen LogP contribution in [0.25, 0.3) is 0 Å². The van der Waals surface area contributed by atoms with Crippen LogP contribution in [-0.4, -0.2) is 20.5 Å². The van der Waals surface area contributed by atoms with Crippen LogP contribution >= 0.6 is 27.7 Å². The first-order valence-electron chi connectivity index (χ1n) is 3.68. The fourth-order valence-electron chi connectivity index (χ4n) is 1.05. The van der Waals surface area contributed by atoms with Gasteiger partial charge in [-0.15, -0.1) is 11.8 Å². The van der Waals surface area contributed by atoms with E-state index < -0.39 is 0 Å². The summed E-state index contributed by atoms with van der Waals surface area (Å²) in [5.74, 6) is 1.66. The molecule has 0 atom stereocenters. The maximum atomic E-state index is 5.23. The molecular formula is C9H11BrO2S. The van der Waals surface area contributed by atoms with Crippen molar-refractivity contribution in [3.05, 3.63) is 16.6 Å². The second-order valence-electron chi connectivity index (χ2n) is 2.34. The molecule has 1 aromatic carbocycles. The van der Waals surface area contributed by atoms with Gasteiger partial charge in [-0.2, -0.15) is 0 Å². The standard InChI is InChI=1S/C9H11BrO2S/c1-11-7-4-6(10)5-8(12-2)9(7)13-3/h4-5H,1-3H3. The minimum absolute atomic E-state index is 0.832. The highest BCUT2D eigenvalue weighted by Crippen LogP contribution is 2.38. The zero-order chi connectivity index (χ0) is 9.84. The van der Waals surface area contributed by atoms with E-state index in [2.05, 4.69) is 15.9 Å². The Balaban J connectivity index is 3.25. The van der Waals surface area contributed by atoms with Gasteiger partial charge in [0.15, 0.2) is 0 Å². The van der Waals surface area contributed by atoms with E-state index in [1.54, 1.807) is 26.0 Å². The average Bonchev–Trinajstić information content (AvgIpc) is 2.16. The summed E-state index contributed by atoms with van der Waals surface area (Å²) in [6.45, 7) is 0. The summed E-state index contributed by atoms with van der Waals surface area (Å²) in [5, 5.41) is 0. The number of rotatable bonds is 3. The van der Waals surface area contributed by atoms with Crippen molar-refractivity contribution >= 4 is 27.7 Å². The Morgan fingerprint density at radius 1 is 1.15 bits per heavy atom. The monoisotopic (exact) mass is 262 g/mol. The summed E-state index contributed by atoms with van der Waals surface area (Å²) in [7, 11) is 3.31. The third-order valence-corrected chi connectivity index (χ3v) is 2.90. The molecule has 0 spiro atoms. The molecule has 0 N–H and O–H groups in total. The molecule has 0 aliphatic heterocycles. The van der Waals surface area contributed by atoms with E-state index in [0.717, 1.165) is 20.9 Å². The molecule has 1 rings (SSSR count). The molecular weight excluding hydrogens is 252 g/mol. The molecule has 4 heteroatoms. The number of halogens is 1. The summed E-state index contributed by atoms with van der Waals surface area (Å²) in [4.78, 5) is 1.02. The Kier molecular flexibility index (Phi) is 3.93. The maximum Gasteiger partial charge on any atom is 0.137 e. The number of benzene rings is 1. The zero-order valence-corrected chi connectivity index (χ0v) is 10.2. The Labute approximate surface area is 90.7 Å². The molecule has 0 unspecified atom stereocenters. The van der Waals surface area contributed by atoms with Crippen molar-refractivity contribution in [1.29, 1.82) is 0 Å². The lowest BCUT2D eigenvalue weighted by Crippen LogP contribution is -1.91. The number of ether oxygens (including phenoxy) is 2. The zero-order valence-electron chi connectivity index (χ0n) is 7.76. The summed E-state index contributed by atoms with van der Waals surface area (Å²) in [6.07, 6.45) is 1.99. The highest BCUT2D eigenvalue weighted by atomic mass is 79.9. The fraction of sp³-hybridized carbons (Fsp3) is 0.333. The van der Waals surface area contributed by atoms with Crippen LogP contribution in [0.3, 0.4) is 0 Å². The van der Waals surface area contributed by atoms with E-state index in [4.69, 9.17) is 9.47 Å². The summed E-state index contributed by atoms with van der Waals surface area (Å²) in [6, 6.07) is 3.85. The smallest absolute Gasteiger partial charge is 0.137 e. The Bertz CT molecular complexity index is 277. The van der Waals surface area contributed by atoms with Crippen molar-refractivity contribution < 1.29 is 9.47 Å². The normalized spacial score (nSPS) is 9.85. The van der Waals surface area contributed by atoms with E-state index in [1.165, 1.54) is 0 Å². The number of methoxy groups -OCH3 is 2. The van der Waals surface area contributed by atoms with Crippen LogP contribution in [0.15, 0.2) is 21.5 Å². The van der Waals surface area contributed by atoms with E-state index in [-0.39, 0.29) is 0 Å². The minimum Gasteiger partial charge on any atom is -0.495 e. The third-order valence-electron chi connectivity index (χ3n) is 1.63. The molecule has 0 aliphatic carbocycles. The van der Waals surface area contributed by atoms with E-state index in [9.17, 15) is 0 Å². The quantitative estimate of drug-likeness (QED) is 0.780. The van der Waals surface area contributed by atoms with Gasteiger partial charge in [0.1, 0.15) is 11.5 Å². The van der Waals surface area contributed by atoms with Crippen LogP contribution in [0.4, 0.5) is 0 Å². The van der Waals surface area contributed by atoms with Crippen molar-refractivity contribution in [3.63, 3.8) is 0 Å². The molecule has 0 saturated heterocycles. The lowest BCUT2D eigenvalue weighted by Gasteiger charge is -2.11. The molecule has 13 heavy (non-hydrogen) atoms. The molecule has 0 aliphatic rings. The highest BCUT2D eigenvalue weighted by molar-refractivity contribution is 9.10. The molecule has 0 fully saturated rings. The van der Waals surface area contributed by atoms with Gasteiger partial charge in [0.2, 0.25) is 0 Å². The molecule has 1 aromatic rings. The Hall–Kier alpha value is -0.350. The first-order chi connectivity index (χ1) is 6.22. The average molecular weight is 263 g/mol. The van der Waals surface area contributed by atoms with Gasteiger partial charge in [-0.05, 0) is 18.4 Å². The van der Waals surface area contributed by atoms with E-state index in [1.807, 2.05) is 18.4 Å². The minimum atomic E-state index is 0.832.